The summed E-state index contributed by atoms with van der Waals surface area (Å²) in [6.07, 6.45) is 3.70. The van der Waals surface area contributed by atoms with Gasteiger partial charge in [-0.1, -0.05) is 24.3 Å². The quantitative estimate of drug-likeness (QED) is 0.791. The fraction of sp³-hybridized carbons (Fsp3) is 0.500. The SMILES string of the molecule is C[C@](O)(CNC(=O)CC=Cc1ccc(F)cc1)CN1CCOCC1. The van der Waals surface area contributed by atoms with Crippen LogP contribution in [-0.4, -0.2) is 60.9 Å². The van der Waals surface area contributed by atoms with Gasteiger partial charge in [0.2, 0.25) is 5.91 Å². The summed E-state index contributed by atoms with van der Waals surface area (Å²) in [5, 5.41) is 13.1. The Balaban J connectivity index is 1.70. The van der Waals surface area contributed by atoms with E-state index >= 15 is 0 Å². The number of nitrogens with one attached hydrogen (secondary N) is 1. The van der Waals surface area contributed by atoms with E-state index in [0.717, 1.165) is 18.7 Å². The molecule has 0 unspecified atom stereocenters. The van der Waals surface area contributed by atoms with E-state index in [2.05, 4.69) is 10.2 Å². The molecule has 1 amide bonds. The first kappa shape index (κ1) is 18.6. The van der Waals surface area contributed by atoms with E-state index in [1.807, 2.05) is 0 Å². The third kappa shape index (κ3) is 6.78. The maximum absolute atomic E-state index is 12.8. The molecular weight excluding hydrogens is 311 g/mol. The van der Waals surface area contributed by atoms with Crippen LogP contribution in [0.15, 0.2) is 30.3 Å². The zero-order chi connectivity index (χ0) is 17.4. The molecule has 1 aliphatic rings. The molecule has 132 valence electrons. The van der Waals surface area contributed by atoms with Crippen LogP contribution >= 0.6 is 0 Å². The van der Waals surface area contributed by atoms with Gasteiger partial charge in [0, 0.05) is 32.6 Å². The summed E-state index contributed by atoms with van der Waals surface area (Å²) >= 11 is 0. The number of nitrogens with zero attached hydrogens (tertiary/aromatic N) is 1. The van der Waals surface area contributed by atoms with Gasteiger partial charge in [0.1, 0.15) is 5.82 Å². The van der Waals surface area contributed by atoms with E-state index in [9.17, 15) is 14.3 Å². The van der Waals surface area contributed by atoms with Crippen molar-refractivity contribution >= 4 is 12.0 Å². The summed E-state index contributed by atoms with van der Waals surface area (Å²) in [4.78, 5) is 14.0. The standard InChI is InChI=1S/C18H25FN2O3/c1-18(23,14-21-9-11-24-12-10-21)13-20-17(22)4-2-3-15-5-7-16(19)8-6-15/h2-3,5-8,23H,4,9-14H2,1H3,(H,20,22)/t18-/m0/s1. The minimum absolute atomic E-state index is 0.157. The molecule has 0 radical (unpaired) electrons. The van der Waals surface area contributed by atoms with Crippen molar-refractivity contribution < 1.29 is 19.0 Å². The summed E-state index contributed by atoms with van der Waals surface area (Å²) < 4.78 is 18.1. The van der Waals surface area contributed by atoms with Gasteiger partial charge >= 0.3 is 0 Å². The second kappa shape index (κ2) is 8.92. The lowest BCUT2D eigenvalue weighted by Crippen LogP contribution is -2.51. The summed E-state index contributed by atoms with van der Waals surface area (Å²) in [7, 11) is 0. The van der Waals surface area contributed by atoms with Crippen molar-refractivity contribution in [2.24, 2.45) is 0 Å². The Kier molecular flexibility index (Phi) is 6.90. The summed E-state index contributed by atoms with van der Waals surface area (Å²) in [5.74, 6) is -0.442. The van der Waals surface area contributed by atoms with Crippen molar-refractivity contribution in [2.45, 2.75) is 18.9 Å². The van der Waals surface area contributed by atoms with E-state index in [1.54, 1.807) is 31.2 Å². The number of morpholine rings is 1. The van der Waals surface area contributed by atoms with Crippen LogP contribution in [-0.2, 0) is 9.53 Å². The van der Waals surface area contributed by atoms with Crippen molar-refractivity contribution in [1.82, 2.24) is 10.2 Å². The van der Waals surface area contributed by atoms with Crippen LogP contribution < -0.4 is 5.32 Å². The zero-order valence-corrected chi connectivity index (χ0v) is 14.0. The van der Waals surface area contributed by atoms with E-state index in [-0.39, 0.29) is 24.7 Å². The third-order valence-electron chi connectivity index (χ3n) is 3.82. The molecule has 2 N–H and O–H groups in total. The Morgan fingerprint density at radius 3 is 2.71 bits per heavy atom. The van der Waals surface area contributed by atoms with Crippen LogP contribution in [0.3, 0.4) is 0 Å². The molecule has 6 heteroatoms. The van der Waals surface area contributed by atoms with Gasteiger partial charge in [0.15, 0.2) is 0 Å². The number of benzene rings is 1. The third-order valence-corrected chi connectivity index (χ3v) is 3.82. The Morgan fingerprint density at radius 2 is 2.04 bits per heavy atom. The molecule has 1 atom stereocenters. The smallest absolute Gasteiger partial charge is 0.223 e. The molecule has 0 saturated carbocycles. The van der Waals surface area contributed by atoms with E-state index in [1.165, 1.54) is 12.1 Å². The van der Waals surface area contributed by atoms with Crippen LogP contribution in [0, 0.1) is 5.82 Å². The van der Waals surface area contributed by atoms with Crippen molar-refractivity contribution in [1.29, 1.82) is 0 Å². The molecule has 2 rings (SSSR count). The average molecular weight is 336 g/mol. The molecule has 0 bridgehead atoms. The maximum atomic E-state index is 12.8. The summed E-state index contributed by atoms with van der Waals surface area (Å²) in [6.45, 7) is 5.37. The molecule has 1 fully saturated rings. The number of β-amino-alcohol motifs (C(OH)–C–C–N with tert-alkyl or cyclic N) is 1. The van der Waals surface area contributed by atoms with Crippen LogP contribution in [0.4, 0.5) is 4.39 Å². The van der Waals surface area contributed by atoms with Gasteiger partial charge in [-0.15, -0.1) is 0 Å². The van der Waals surface area contributed by atoms with E-state index < -0.39 is 5.60 Å². The Bertz CT molecular complexity index is 552. The van der Waals surface area contributed by atoms with Gasteiger partial charge in [-0.3, -0.25) is 9.69 Å². The Morgan fingerprint density at radius 1 is 1.38 bits per heavy atom. The first-order chi connectivity index (χ1) is 11.4. The molecule has 1 saturated heterocycles. The van der Waals surface area contributed by atoms with Gasteiger partial charge in [-0.05, 0) is 24.6 Å². The molecule has 1 aliphatic heterocycles. The predicted molar refractivity (Wildman–Crippen MR) is 90.9 cm³/mol. The maximum Gasteiger partial charge on any atom is 0.223 e. The molecule has 1 heterocycles. The second-order valence-electron chi connectivity index (χ2n) is 6.32. The Hall–Kier alpha value is -1.76. The predicted octanol–water partition coefficient (Wildman–Crippen LogP) is 1.43. The first-order valence-electron chi connectivity index (χ1n) is 8.16. The van der Waals surface area contributed by atoms with Crippen LogP contribution in [0.1, 0.15) is 18.9 Å². The molecule has 0 spiro atoms. The number of hydrogen-bond acceptors (Lipinski definition) is 4. The second-order valence-corrected chi connectivity index (χ2v) is 6.32. The van der Waals surface area contributed by atoms with Crippen molar-refractivity contribution in [3.63, 3.8) is 0 Å². The number of carbonyl (C=O) groups excluding carboxylic acids is 1. The molecule has 1 aromatic carbocycles. The lowest BCUT2D eigenvalue weighted by atomic mass is 10.1. The van der Waals surface area contributed by atoms with Crippen molar-refractivity contribution in [3.05, 3.63) is 41.7 Å². The minimum atomic E-state index is -0.979. The lowest BCUT2D eigenvalue weighted by molar-refractivity contribution is -0.121. The lowest BCUT2D eigenvalue weighted by Gasteiger charge is -2.33. The van der Waals surface area contributed by atoms with Gasteiger partial charge in [-0.2, -0.15) is 0 Å². The number of halogens is 1. The first-order valence-corrected chi connectivity index (χ1v) is 8.16. The summed E-state index contributed by atoms with van der Waals surface area (Å²) in [6, 6.07) is 6.05. The molecular formula is C18H25FN2O3. The number of carbonyl (C=O) groups is 1. The van der Waals surface area contributed by atoms with Gasteiger partial charge in [-0.25, -0.2) is 4.39 Å². The Labute approximate surface area is 142 Å². The normalized spacial score (nSPS) is 18.5. The number of amides is 1. The zero-order valence-electron chi connectivity index (χ0n) is 14.0. The summed E-state index contributed by atoms with van der Waals surface area (Å²) in [5.41, 5.74) is -0.142. The fourth-order valence-corrected chi connectivity index (χ4v) is 2.53. The molecule has 0 aliphatic carbocycles. The molecule has 24 heavy (non-hydrogen) atoms. The largest absolute Gasteiger partial charge is 0.387 e. The van der Waals surface area contributed by atoms with Crippen molar-refractivity contribution in [2.75, 3.05) is 39.4 Å². The van der Waals surface area contributed by atoms with Crippen LogP contribution in [0.2, 0.25) is 0 Å². The van der Waals surface area contributed by atoms with Gasteiger partial charge in [0.25, 0.3) is 0 Å². The average Bonchev–Trinajstić information content (AvgIpc) is 2.55. The monoisotopic (exact) mass is 336 g/mol. The molecule has 5 nitrogen and oxygen atoms in total. The van der Waals surface area contributed by atoms with Crippen molar-refractivity contribution in [3.8, 4) is 0 Å². The number of hydrogen-bond donors (Lipinski definition) is 2. The van der Waals surface area contributed by atoms with Gasteiger partial charge in [0.05, 0.1) is 18.8 Å². The minimum Gasteiger partial charge on any atom is -0.387 e. The number of ether oxygens (including phenoxy) is 1. The highest BCUT2D eigenvalue weighted by Gasteiger charge is 2.25. The fourth-order valence-electron chi connectivity index (χ4n) is 2.53. The topological polar surface area (TPSA) is 61.8 Å². The van der Waals surface area contributed by atoms with E-state index in [0.29, 0.717) is 19.8 Å². The molecule has 0 aromatic heterocycles. The number of rotatable bonds is 7. The highest BCUT2D eigenvalue weighted by Crippen LogP contribution is 2.08. The highest BCUT2D eigenvalue weighted by molar-refractivity contribution is 5.78. The van der Waals surface area contributed by atoms with Crippen LogP contribution in [0.5, 0.6) is 0 Å². The number of aliphatic hydroxyl groups is 1. The van der Waals surface area contributed by atoms with Crippen LogP contribution in [0.25, 0.3) is 6.08 Å². The van der Waals surface area contributed by atoms with E-state index in [4.69, 9.17) is 4.74 Å². The highest BCUT2D eigenvalue weighted by atomic mass is 19.1. The molecule has 1 aromatic rings. The van der Waals surface area contributed by atoms with Gasteiger partial charge < -0.3 is 15.2 Å².